The van der Waals surface area contributed by atoms with Gasteiger partial charge < -0.3 is 9.84 Å². The molecule has 1 atom stereocenters. The van der Waals surface area contributed by atoms with Crippen LogP contribution < -0.4 is 5.32 Å². The fourth-order valence-electron chi connectivity index (χ4n) is 1.86. The predicted octanol–water partition coefficient (Wildman–Crippen LogP) is 4.05. The first kappa shape index (κ1) is 14.9. The van der Waals surface area contributed by atoms with E-state index in [1.165, 1.54) is 11.3 Å². The van der Waals surface area contributed by atoms with Crippen LogP contribution in [0.5, 0.6) is 0 Å². The van der Waals surface area contributed by atoms with Crippen LogP contribution in [0.4, 0.5) is 0 Å². The van der Waals surface area contributed by atoms with Crippen LogP contribution in [0.1, 0.15) is 28.5 Å². The lowest BCUT2D eigenvalue weighted by Crippen LogP contribution is -2.26. The van der Waals surface area contributed by atoms with Crippen molar-refractivity contribution in [3.05, 3.63) is 57.0 Å². The number of rotatable bonds is 4. The summed E-state index contributed by atoms with van der Waals surface area (Å²) in [4.78, 5) is 17.0. The Morgan fingerprint density at radius 1 is 1.32 bits per heavy atom. The van der Waals surface area contributed by atoms with Gasteiger partial charge in [0.05, 0.1) is 4.88 Å². The Kier molecular flexibility index (Phi) is 4.35. The van der Waals surface area contributed by atoms with E-state index in [0.717, 1.165) is 10.0 Å². The normalized spacial score (nSPS) is 12.1. The van der Waals surface area contributed by atoms with Crippen LogP contribution in [-0.4, -0.2) is 16.0 Å². The van der Waals surface area contributed by atoms with Gasteiger partial charge in [0.25, 0.3) is 5.91 Å². The SMILES string of the molecule is C[C@H](NC(=O)c1cccs1)c1nc(-c2ccc(Br)cc2)no1. The van der Waals surface area contributed by atoms with Crippen molar-refractivity contribution >= 4 is 33.2 Å². The number of aromatic nitrogens is 2. The van der Waals surface area contributed by atoms with Crippen LogP contribution in [0, 0.1) is 0 Å². The van der Waals surface area contributed by atoms with Crippen molar-refractivity contribution < 1.29 is 9.32 Å². The molecule has 0 aliphatic heterocycles. The van der Waals surface area contributed by atoms with Crippen LogP contribution in [0.25, 0.3) is 11.4 Å². The number of carbonyl (C=O) groups excluding carboxylic acids is 1. The molecule has 3 rings (SSSR count). The molecule has 22 heavy (non-hydrogen) atoms. The van der Waals surface area contributed by atoms with Crippen molar-refractivity contribution in [2.45, 2.75) is 13.0 Å². The summed E-state index contributed by atoms with van der Waals surface area (Å²) in [7, 11) is 0. The molecule has 3 aromatic rings. The van der Waals surface area contributed by atoms with E-state index in [1.807, 2.05) is 42.6 Å². The van der Waals surface area contributed by atoms with Gasteiger partial charge in [-0.05, 0) is 42.6 Å². The Labute approximate surface area is 139 Å². The Bertz CT molecular complexity index is 768. The summed E-state index contributed by atoms with van der Waals surface area (Å²) in [6, 6.07) is 10.9. The minimum atomic E-state index is -0.355. The predicted molar refractivity (Wildman–Crippen MR) is 87.6 cm³/mol. The van der Waals surface area contributed by atoms with Crippen LogP contribution in [-0.2, 0) is 0 Å². The van der Waals surface area contributed by atoms with Gasteiger partial charge in [-0.3, -0.25) is 4.79 Å². The average molecular weight is 378 g/mol. The van der Waals surface area contributed by atoms with E-state index in [0.29, 0.717) is 16.6 Å². The molecule has 2 aromatic heterocycles. The van der Waals surface area contributed by atoms with Gasteiger partial charge in [0.15, 0.2) is 0 Å². The molecule has 5 nitrogen and oxygen atoms in total. The van der Waals surface area contributed by atoms with Crippen molar-refractivity contribution in [3.63, 3.8) is 0 Å². The number of hydrogen-bond donors (Lipinski definition) is 1. The molecule has 0 saturated carbocycles. The molecule has 0 bridgehead atoms. The number of benzene rings is 1. The van der Waals surface area contributed by atoms with Crippen molar-refractivity contribution in [3.8, 4) is 11.4 Å². The van der Waals surface area contributed by atoms with Crippen LogP contribution in [0.3, 0.4) is 0 Å². The van der Waals surface area contributed by atoms with Gasteiger partial charge >= 0.3 is 0 Å². The van der Waals surface area contributed by atoms with Crippen LogP contribution in [0.15, 0.2) is 50.8 Å². The summed E-state index contributed by atoms with van der Waals surface area (Å²) in [5, 5.41) is 8.66. The third kappa shape index (κ3) is 3.26. The molecule has 0 radical (unpaired) electrons. The first-order chi connectivity index (χ1) is 10.6. The average Bonchev–Trinajstić information content (AvgIpc) is 3.20. The van der Waals surface area contributed by atoms with Crippen molar-refractivity contribution in [1.82, 2.24) is 15.5 Å². The summed E-state index contributed by atoms with van der Waals surface area (Å²) < 4.78 is 6.23. The van der Waals surface area contributed by atoms with Gasteiger partial charge in [-0.15, -0.1) is 11.3 Å². The molecule has 0 aliphatic carbocycles. The van der Waals surface area contributed by atoms with E-state index in [1.54, 1.807) is 6.07 Å². The van der Waals surface area contributed by atoms with Crippen LogP contribution in [0.2, 0.25) is 0 Å². The number of amides is 1. The largest absolute Gasteiger partial charge is 0.340 e. The highest BCUT2D eigenvalue weighted by molar-refractivity contribution is 9.10. The zero-order chi connectivity index (χ0) is 15.5. The topological polar surface area (TPSA) is 68.0 Å². The van der Waals surface area contributed by atoms with E-state index in [9.17, 15) is 4.79 Å². The van der Waals surface area contributed by atoms with E-state index < -0.39 is 0 Å². The molecule has 112 valence electrons. The monoisotopic (exact) mass is 377 g/mol. The Hall–Kier alpha value is -1.99. The Morgan fingerprint density at radius 2 is 2.09 bits per heavy atom. The van der Waals surface area contributed by atoms with E-state index in [-0.39, 0.29) is 11.9 Å². The molecular weight excluding hydrogens is 366 g/mol. The lowest BCUT2D eigenvalue weighted by molar-refractivity contribution is 0.0936. The van der Waals surface area contributed by atoms with Gasteiger partial charge in [0.1, 0.15) is 6.04 Å². The molecule has 7 heteroatoms. The second-order valence-electron chi connectivity index (χ2n) is 4.64. The third-order valence-electron chi connectivity index (χ3n) is 3.01. The number of carbonyl (C=O) groups is 1. The summed E-state index contributed by atoms with van der Waals surface area (Å²) >= 11 is 4.77. The second kappa shape index (κ2) is 6.41. The summed E-state index contributed by atoms with van der Waals surface area (Å²) in [5.74, 6) is 0.730. The molecule has 0 unspecified atom stereocenters. The summed E-state index contributed by atoms with van der Waals surface area (Å²) in [6.45, 7) is 1.81. The van der Waals surface area contributed by atoms with E-state index in [4.69, 9.17) is 4.52 Å². The summed E-state index contributed by atoms with van der Waals surface area (Å²) in [6.07, 6.45) is 0. The molecule has 0 spiro atoms. The fourth-order valence-corrected chi connectivity index (χ4v) is 2.76. The quantitative estimate of drug-likeness (QED) is 0.744. The highest BCUT2D eigenvalue weighted by Crippen LogP contribution is 2.21. The van der Waals surface area contributed by atoms with Gasteiger partial charge in [-0.25, -0.2) is 0 Å². The maximum Gasteiger partial charge on any atom is 0.261 e. The lowest BCUT2D eigenvalue weighted by Gasteiger charge is -2.07. The van der Waals surface area contributed by atoms with Gasteiger partial charge in [-0.2, -0.15) is 4.98 Å². The minimum Gasteiger partial charge on any atom is -0.340 e. The number of halogens is 1. The maximum atomic E-state index is 12.0. The number of nitrogens with zero attached hydrogens (tertiary/aromatic N) is 2. The third-order valence-corrected chi connectivity index (χ3v) is 4.40. The molecule has 2 heterocycles. The second-order valence-corrected chi connectivity index (χ2v) is 6.50. The van der Waals surface area contributed by atoms with Gasteiger partial charge in [-0.1, -0.05) is 27.2 Å². The smallest absolute Gasteiger partial charge is 0.261 e. The first-order valence-corrected chi connectivity index (χ1v) is 8.24. The number of nitrogens with one attached hydrogen (secondary N) is 1. The summed E-state index contributed by atoms with van der Waals surface area (Å²) in [5.41, 5.74) is 0.856. The zero-order valence-electron chi connectivity index (χ0n) is 11.6. The highest BCUT2D eigenvalue weighted by atomic mass is 79.9. The number of thiophene rings is 1. The fraction of sp³-hybridized carbons (Fsp3) is 0.133. The van der Waals surface area contributed by atoms with E-state index >= 15 is 0 Å². The van der Waals surface area contributed by atoms with Crippen molar-refractivity contribution in [2.75, 3.05) is 0 Å². The molecular formula is C15H12BrN3O2S. The standard InChI is InChI=1S/C15H12BrN3O2S/c1-9(17-14(20)12-3-2-8-22-12)15-18-13(19-21-15)10-4-6-11(16)7-5-10/h2-9H,1H3,(H,17,20)/t9-/m0/s1. The Balaban J connectivity index is 1.73. The maximum absolute atomic E-state index is 12.0. The van der Waals surface area contributed by atoms with Crippen LogP contribution >= 0.6 is 27.3 Å². The molecule has 0 saturated heterocycles. The number of hydrogen-bond acceptors (Lipinski definition) is 5. The van der Waals surface area contributed by atoms with Gasteiger partial charge in [0, 0.05) is 10.0 Å². The van der Waals surface area contributed by atoms with E-state index in [2.05, 4.69) is 31.4 Å². The first-order valence-electron chi connectivity index (χ1n) is 6.57. The molecule has 1 amide bonds. The Morgan fingerprint density at radius 3 is 2.77 bits per heavy atom. The highest BCUT2D eigenvalue weighted by Gasteiger charge is 2.18. The van der Waals surface area contributed by atoms with Crippen molar-refractivity contribution in [2.24, 2.45) is 0 Å². The lowest BCUT2D eigenvalue weighted by atomic mass is 10.2. The molecule has 1 N–H and O–H groups in total. The zero-order valence-corrected chi connectivity index (χ0v) is 14.0. The van der Waals surface area contributed by atoms with Gasteiger partial charge in [0.2, 0.25) is 11.7 Å². The van der Waals surface area contributed by atoms with Crippen molar-refractivity contribution in [1.29, 1.82) is 0 Å². The molecule has 0 aliphatic rings. The molecule has 1 aromatic carbocycles. The minimum absolute atomic E-state index is 0.147. The molecule has 0 fully saturated rings.